The van der Waals surface area contributed by atoms with E-state index in [1.54, 1.807) is 24.3 Å². The number of benzene rings is 1. The van der Waals surface area contributed by atoms with Gasteiger partial charge in [0.25, 0.3) is 5.91 Å². The van der Waals surface area contributed by atoms with Gasteiger partial charge in [0, 0.05) is 24.2 Å². The quantitative estimate of drug-likeness (QED) is 0.680. The largest absolute Gasteiger partial charge is 0.465 e. The third kappa shape index (κ3) is 4.39. The van der Waals surface area contributed by atoms with Gasteiger partial charge in [-0.3, -0.25) is 4.79 Å². The summed E-state index contributed by atoms with van der Waals surface area (Å²) in [7, 11) is 1.34. The maximum absolute atomic E-state index is 12.2. The molecule has 120 valence electrons. The van der Waals surface area contributed by atoms with E-state index in [9.17, 15) is 9.59 Å². The first kappa shape index (κ1) is 16.7. The molecule has 0 aliphatic rings. The Morgan fingerprint density at radius 2 is 1.83 bits per heavy atom. The molecule has 1 heterocycles. The predicted octanol–water partition coefficient (Wildman–Crippen LogP) is 2.27. The predicted molar refractivity (Wildman–Crippen MR) is 87.2 cm³/mol. The second-order valence-corrected chi connectivity index (χ2v) is 5.28. The molecule has 5 heteroatoms. The SMILES string of the molecule is CCc1ccc(C)[n+](CC(=O)Nc2ccc(C(=O)OC)cc2)c1. The Kier molecular flexibility index (Phi) is 5.46. The minimum atomic E-state index is -0.398. The minimum Gasteiger partial charge on any atom is -0.465 e. The summed E-state index contributed by atoms with van der Waals surface area (Å²) in [6.07, 6.45) is 2.92. The molecule has 2 rings (SSSR count). The van der Waals surface area contributed by atoms with Crippen molar-refractivity contribution in [3.05, 3.63) is 59.4 Å². The van der Waals surface area contributed by atoms with Gasteiger partial charge in [-0.05, 0) is 36.8 Å². The van der Waals surface area contributed by atoms with E-state index < -0.39 is 5.97 Å². The average Bonchev–Trinajstić information content (AvgIpc) is 2.56. The Hall–Kier alpha value is -2.69. The van der Waals surface area contributed by atoms with E-state index in [-0.39, 0.29) is 12.5 Å². The van der Waals surface area contributed by atoms with Crippen LogP contribution in [0.15, 0.2) is 42.6 Å². The Labute approximate surface area is 135 Å². The van der Waals surface area contributed by atoms with E-state index in [0.717, 1.165) is 12.1 Å². The lowest BCUT2D eigenvalue weighted by Gasteiger charge is -2.06. The molecule has 0 atom stereocenters. The van der Waals surface area contributed by atoms with E-state index >= 15 is 0 Å². The highest BCUT2D eigenvalue weighted by Crippen LogP contribution is 2.10. The van der Waals surface area contributed by atoms with Gasteiger partial charge in [-0.15, -0.1) is 0 Å². The lowest BCUT2D eigenvalue weighted by atomic mass is 10.2. The van der Waals surface area contributed by atoms with Crippen LogP contribution in [0.25, 0.3) is 0 Å². The number of pyridine rings is 1. The van der Waals surface area contributed by atoms with Gasteiger partial charge in [0.2, 0.25) is 6.54 Å². The van der Waals surface area contributed by atoms with Crippen molar-refractivity contribution in [2.75, 3.05) is 12.4 Å². The molecule has 1 aromatic heterocycles. The highest BCUT2D eigenvalue weighted by Gasteiger charge is 2.14. The van der Waals surface area contributed by atoms with Crippen molar-refractivity contribution >= 4 is 17.6 Å². The van der Waals surface area contributed by atoms with E-state index in [0.29, 0.717) is 11.3 Å². The molecule has 1 N–H and O–H groups in total. The number of hydrogen-bond acceptors (Lipinski definition) is 3. The fraction of sp³-hybridized carbons (Fsp3) is 0.278. The molecule has 0 aliphatic carbocycles. The molecule has 2 aromatic rings. The number of amides is 1. The van der Waals surface area contributed by atoms with Gasteiger partial charge in [-0.25, -0.2) is 4.79 Å². The number of hydrogen-bond donors (Lipinski definition) is 1. The number of carbonyl (C=O) groups is 2. The molecule has 0 unspecified atom stereocenters. The van der Waals surface area contributed by atoms with E-state index in [1.807, 2.05) is 23.8 Å². The molecule has 23 heavy (non-hydrogen) atoms. The van der Waals surface area contributed by atoms with Gasteiger partial charge in [0.15, 0.2) is 11.9 Å². The lowest BCUT2D eigenvalue weighted by molar-refractivity contribution is -0.690. The minimum absolute atomic E-state index is 0.114. The average molecular weight is 313 g/mol. The van der Waals surface area contributed by atoms with Crippen LogP contribution < -0.4 is 9.88 Å². The molecule has 1 amide bonds. The van der Waals surface area contributed by atoms with Crippen LogP contribution in [0.3, 0.4) is 0 Å². The molecule has 0 bridgehead atoms. The van der Waals surface area contributed by atoms with E-state index in [2.05, 4.69) is 23.0 Å². The van der Waals surface area contributed by atoms with Crippen molar-refractivity contribution in [2.24, 2.45) is 0 Å². The molecule has 0 saturated carbocycles. The van der Waals surface area contributed by atoms with Gasteiger partial charge in [-0.1, -0.05) is 6.92 Å². The summed E-state index contributed by atoms with van der Waals surface area (Å²) in [4.78, 5) is 23.6. The molecular formula is C18H21N2O3+. The Morgan fingerprint density at radius 1 is 1.13 bits per heavy atom. The number of esters is 1. The van der Waals surface area contributed by atoms with Gasteiger partial charge in [0.1, 0.15) is 0 Å². The van der Waals surface area contributed by atoms with E-state index in [4.69, 9.17) is 0 Å². The summed E-state index contributed by atoms with van der Waals surface area (Å²) < 4.78 is 6.57. The third-order valence-corrected chi connectivity index (χ3v) is 3.63. The normalized spacial score (nSPS) is 10.2. The van der Waals surface area contributed by atoms with Crippen molar-refractivity contribution in [2.45, 2.75) is 26.8 Å². The Balaban J connectivity index is 2.03. The van der Waals surface area contributed by atoms with Gasteiger partial charge in [0.05, 0.1) is 12.7 Å². The van der Waals surface area contributed by atoms with E-state index in [1.165, 1.54) is 12.7 Å². The summed E-state index contributed by atoms with van der Waals surface area (Å²) in [5.41, 5.74) is 3.31. The Bertz CT molecular complexity index is 709. The first-order valence-corrected chi connectivity index (χ1v) is 7.50. The number of ether oxygens (including phenoxy) is 1. The number of aromatic nitrogens is 1. The second-order valence-electron chi connectivity index (χ2n) is 5.28. The summed E-state index contributed by atoms with van der Waals surface area (Å²) in [5, 5.41) is 2.83. The monoisotopic (exact) mass is 313 g/mol. The molecule has 0 radical (unpaired) electrons. The number of anilines is 1. The van der Waals surface area contributed by atoms with Crippen LogP contribution in [0, 0.1) is 6.92 Å². The summed E-state index contributed by atoms with van der Waals surface area (Å²) in [5.74, 6) is -0.511. The molecule has 1 aromatic carbocycles. The van der Waals surface area contributed by atoms with Crippen LogP contribution in [0.4, 0.5) is 5.69 Å². The molecule has 5 nitrogen and oxygen atoms in total. The molecule has 0 fully saturated rings. The molecule has 0 saturated heterocycles. The first-order chi connectivity index (χ1) is 11.0. The third-order valence-electron chi connectivity index (χ3n) is 3.63. The fourth-order valence-electron chi connectivity index (χ4n) is 2.21. The molecule has 0 aliphatic heterocycles. The maximum Gasteiger partial charge on any atom is 0.337 e. The highest BCUT2D eigenvalue weighted by molar-refractivity contribution is 5.92. The van der Waals surface area contributed by atoms with Crippen molar-refractivity contribution in [3.8, 4) is 0 Å². The lowest BCUT2D eigenvalue weighted by Crippen LogP contribution is -2.43. The topological polar surface area (TPSA) is 59.3 Å². The van der Waals surface area contributed by atoms with Gasteiger partial charge in [-0.2, -0.15) is 4.57 Å². The summed E-state index contributed by atoms with van der Waals surface area (Å²) >= 11 is 0. The first-order valence-electron chi connectivity index (χ1n) is 7.50. The smallest absolute Gasteiger partial charge is 0.337 e. The second kappa shape index (κ2) is 7.54. The molecule has 0 spiro atoms. The van der Waals surface area contributed by atoms with Crippen LogP contribution in [0.2, 0.25) is 0 Å². The zero-order chi connectivity index (χ0) is 16.8. The number of aryl methyl sites for hydroxylation is 2. The standard InChI is InChI=1S/C18H20N2O3/c1-4-14-6-5-13(2)20(11-14)12-17(21)19-16-9-7-15(8-10-16)18(22)23-3/h5-11H,4,12H2,1-3H3/p+1. The van der Waals surface area contributed by atoms with Crippen molar-refractivity contribution in [1.29, 1.82) is 0 Å². The highest BCUT2D eigenvalue weighted by atomic mass is 16.5. The van der Waals surface area contributed by atoms with Crippen LogP contribution >= 0.6 is 0 Å². The van der Waals surface area contributed by atoms with Crippen molar-refractivity contribution in [1.82, 2.24) is 0 Å². The van der Waals surface area contributed by atoms with Crippen molar-refractivity contribution in [3.63, 3.8) is 0 Å². The summed E-state index contributed by atoms with van der Waals surface area (Å²) in [6, 6.07) is 10.7. The maximum atomic E-state index is 12.2. The number of methoxy groups -OCH3 is 1. The van der Waals surface area contributed by atoms with Crippen LogP contribution in [-0.4, -0.2) is 19.0 Å². The number of carbonyl (C=O) groups excluding carboxylic acids is 2. The van der Waals surface area contributed by atoms with Gasteiger partial charge >= 0.3 is 5.97 Å². The van der Waals surface area contributed by atoms with Crippen LogP contribution in [-0.2, 0) is 22.5 Å². The zero-order valence-electron chi connectivity index (χ0n) is 13.6. The molecular weight excluding hydrogens is 292 g/mol. The van der Waals surface area contributed by atoms with Crippen LogP contribution in [0.5, 0.6) is 0 Å². The van der Waals surface area contributed by atoms with Crippen LogP contribution in [0.1, 0.15) is 28.5 Å². The number of rotatable bonds is 5. The fourth-order valence-corrected chi connectivity index (χ4v) is 2.21. The summed E-state index contributed by atoms with van der Waals surface area (Å²) in [6.45, 7) is 4.30. The number of nitrogens with one attached hydrogen (secondary N) is 1. The Morgan fingerprint density at radius 3 is 2.43 bits per heavy atom. The number of nitrogens with zero attached hydrogens (tertiary/aromatic N) is 1. The zero-order valence-corrected chi connectivity index (χ0v) is 13.6. The van der Waals surface area contributed by atoms with Crippen molar-refractivity contribution < 1.29 is 18.9 Å². The van der Waals surface area contributed by atoms with Gasteiger partial charge < -0.3 is 10.1 Å².